The van der Waals surface area contributed by atoms with Gasteiger partial charge in [0.1, 0.15) is 24.7 Å². The standard InChI is InChI=1S/C15H15F2NO2/c1-19-11-15(16,17)14-8-7-13(9-18-14)20-10-12-5-3-2-4-6-12/h2-9H,10-11H2,1H3. The highest BCUT2D eigenvalue weighted by Crippen LogP contribution is 2.27. The molecule has 0 saturated heterocycles. The molecule has 1 aromatic heterocycles. The molecule has 0 amide bonds. The molecule has 1 heterocycles. The van der Waals surface area contributed by atoms with Gasteiger partial charge >= 0.3 is 5.92 Å². The van der Waals surface area contributed by atoms with Gasteiger partial charge in [-0.3, -0.25) is 4.98 Å². The summed E-state index contributed by atoms with van der Waals surface area (Å²) in [5.41, 5.74) is 0.674. The van der Waals surface area contributed by atoms with E-state index in [-0.39, 0.29) is 5.69 Å². The van der Waals surface area contributed by atoms with Crippen LogP contribution in [-0.2, 0) is 17.3 Å². The Labute approximate surface area is 116 Å². The first-order valence-electron chi connectivity index (χ1n) is 6.12. The number of rotatable bonds is 6. The van der Waals surface area contributed by atoms with Crippen LogP contribution in [0.5, 0.6) is 5.75 Å². The van der Waals surface area contributed by atoms with Gasteiger partial charge in [0, 0.05) is 7.11 Å². The van der Waals surface area contributed by atoms with Crippen molar-refractivity contribution in [2.24, 2.45) is 0 Å². The molecule has 0 aliphatic heterocycles. The van der Waals surface area contributed by atoms with Crippen LogP contribution >= 0.6 is 0 Å². The van der Waals surface area contributed by atoms with E-state index < -0.39 is 12.5 Å². The van der Waals surface area contributed by atoms with Crippen molar-refractivity contribution in [3.05, 3.63) is 59.9 Å². The highest BCUT2D eigenvalue weighted by Gasteiger charge is 2.33. The van der Waals surface area contributed by atoms with Gasteiger partial charge in [-0.15, -0.1) is 0 Å². The molecular formula is C15H15F2NO2. The van der Waals surface area contributed by atoms with E-state index in [1.807, 2.05) is 30.3 Å². The molecule has 2 aromatic rings. The molecule has 0 unspecified atom stereocenters. The quantitative estimate of drug-likeness (QED) is 0.812. The first-order valence-corrected chi connectivity index (χ1v) is 6.12. The normalized spacial score (nSPS) is 11.3. The summed E-state index contributed by atoms with van der Waals surface area (Å²) in [6, 6.07) is 12.3. The average molecular weight is 279 g/mol. The number of pyridine rings is 1. The van der Waals surface area contributed by atoms with Crippen LogP contribution in [0.25, 0.3) is 0 Å². The largest absolute Gasteiger partial charge is 0.487 e. The number of ether oxygens (including phenoxy) is 2. The molecule has 3 nitrogen and oxygen atoms in total. The lowest BCUT2D eigenvalue weighted by molar-refractivity contribution is -0.0731. The van der Waals surface area contributed by atoms with Gasteiger partial charge < -0.3 is 9.47 Å². The summed E-state index contributed by atoms with van der Waals surface area (Å²) >= 11 is 0. The zero-order valence-corrected chi connectivity index (χ0v) is 11.1. The van der Waals surface area contributed by atoms with Crippen molar-refractivity contribution in [3.8, 4) is 5.75 Å². The Morgan fingerprint density at radius 3 is 2.45 bits per heavy atom. The molecule has 0 aliphatic carbocycles. The summed E-state index contributed by atoms with van der Waals surface area (Å²) in [5.74, 6) is -2.64. The van der Waals surface area contributed by atoms with Gasteiger partial charge in [-0.1, -0.05) is 30.3 Å². The lowest BCUT2D eigenvalue weighted by Crippen LogP contribution is -2.21. The van der Waals surface area contributed by atoms with Crippen molar-refractivity contribution in [1.82, 2.24) is 4.98 Å². The lowest BCUT2D eigenvalue weighted by Gasteiger charge is -2.14. The Morgan fingerprint density at radius 1 is 1.10 bits per heavy atom. The fraction of sp³-hybridized carbons (Fsp3) is 0.267. The monoisotopic (exact) mass is 279 g/mol. The third kappa shape index (κ3) is 3.74. The molecule has 0 N–H and O–H groups in total. The van der Waals surface area contributed by atoms with Crippen LogP contribution in [-0.4, -0.2) is 18.7 Å². The van der Waals surface area contributed by atoms with Gasteiger partial charge in [-0.2, -0.15) is 8.78 Å². The van der Waals surface area contributed by atoms with Crippen LogP contribution in [0.1, 0.15) is 11.3 Å². The molecule has 5 heteroatoms. The summed E-state index contributed by atoms with van der Waals surface area (Å²) < 4.78 is 37.0. The van der Waals surface area contributed by atoms with Gasteiger partial charge in [0.15, 0.2) is 0 Å². The third-order valence-corrected chi connectivity index (χ3v) is 2.69. The first kappa shape index (κ1) is 14.4. The van der Waals surface area contributed by atoms with Crippen LogP contribution in [0.4, 0.5) is 8.78 Å². The van der Waals surface area contributed by atoms with E-state index in [1.165, 1.54) is 25.4 Å². The second-order valence-electron chi connectivity index (χ2n) is 4.29. The maximum Gasteiger partial charge on any atom is 0.312 e. The van der Waals surface area contributed by atoms with Crippen molar-refractivity contribution in [1.29, 1.82) is 0 Å². The minimum atomic E-state index is -3.09. The van der Waals surface area contributed by atoms with Gasteiger partial charge in [-0.05, 0) is 17.7 Å². The van der Waals surface area contributed by atoms with E-state index in [4.69, 9.17) is 4.74 Å². The highest BCUT2D eigenvalue weighted by molar-refractivity contribution is 5.23. The molecule has 0 aliphatic rings. The van der Waals surface area contributed by atoms with E-state index in [9.17, 15) is 8.78 Å². The zero-order chi connectivity index (χ0) is 14.4. The number of benzene rings is 1. The van der Waals surface area contributed by atoms with E-state index in [0.717, 1.165) is 5.56 Å². The van der Waals surface area contributed by atoms with E-state index in [2.05, 4.69) is 9.72 Å². The first-order chi connectivity index (χ1) is 9.62. The second kappa shape index (κ2) is 6.43. The number of methoxy groups -OCH3 is 1. The van der Waals surface area contributed by atoms with Gasteiger partial charge in [0.25, 0.3) is 0 Å². The van der Waals surface area contributed by atoms with Gasteiger partial charge in [0.05, 0.1) is 6.20 Å². The summed E-state index contributed by atoms with van der Waals surface area (Å²) in [5, 5.41) is 0. The molecule has 0 spiro atoms. The van der Waals surface area contributed by atoms with Crippen molar-refractivity contribution >= 4 is 0 Å². The van der Waals surface area contributed by atoms with Crippen LogP contribution < -0.4 is 4.74 Å². The van der Waals surface area contributed by atoms with E-state index in [1.54, 1.807) is 0 Å². The summed E-state index contributed by atoms with van der Waals surface area (Å²) in [7, 11) is 1.23. The number of aromatic nitrogens is 1. The zero-order valence-electron chi connectivity index (χ0n) is 11.1. The Hall–Kier alpha value is -2.01. The predicted octanol–water partition coefficient (Wildman–Crippen LogP) is 3.40. The smallest absolute Gasteiger partial charge is 0.312 e. The maximum absolute atomic E-state index is 13.5. The van der Waals surface area contributed by atoms with E-state index >= 15 is 0 Å². The SMILES string of the molecule is COCC(F)(F)c1ccc(OCc2ccccc2)cn1. The summed E-state index contributed by atoms with van der Waals surface area (Å²) in [6.45, 7) is -0.319. The molecule has 0 atom stereocenters. The number of hydrogen-bond acceptors (Lipinski definition) is 3. The predicted molar refractivity (Wildman–Crippen MR) is 70.8 cm³/mol. The van der Waals surface area contributed by atoms with Crippen molar-refractivity contribution in [2.75, 3.05) is 13.7 Å². The molecule has 0 saturated carbocycles. The van der Waals surface area contributed by atoms with Gasteiger partial charge in [0.2, 0.25) is 0 Å². The minimum Gasteiger partial charge on any atom is -0.487 e. The second-order valence-corrected chi connectivity index (χ2v) is 4.29. The van der Waals surface area contributed by atoms with Crippen LogP contribution in [0.3, 0.4) is 0 Å². The highest BCUT2D eigenvalue weighted by atomic mass is 19.3. The Kier molecular flexibility index (Phi) is 4.63. The maximum atomic E-state index is 13.5. The number of halogens is 2. The van der Waals surface area contributed by atoms with Crippen molar-refractivity contribution in [2.45, 2.75) is 12.5 Å². The molecule has 0 bridgehead atoms. The molecule has 20 heavy (non-hydrogen) atoms. The molecule has 0 fully saturated rings. The summed E-state index contributed by atoms with van der Waals surface area (Å²) in [4.78, 5) is 3.73. The topological polar surface area (TPSA) is 31.4 Å². The molecule has 0 radical (unpaired) electrons. The Morgan fingerprint density at radius 2 is 1.85 bits per heavy atom. The fourth-order valence-corrected chi connectivity index (χ4v) is 1.68. The minimum absolute atomic E-state index is 0.327. The molecule has 2 rings (SSSR count). The number of alkyl halides is 2. The average Bonchev–Trinajstić information content (AvgIpc) is 2.47. The molecule has 1 aromatic carbocycles. The van der Waals surface area contributed by atoms with Gasteiger partial charge in [-0.25, -0.2) is 0 Å². The molecular weight excluding hydrogens is 264 g/mol. The number of nitrogens with zero attached hydrogens (tertiary/aromatic N) is 1. The van der Waals surface area contributed by atoms with Crippen LogP contribution in [0, 0.1) is 0 Å². The fourth-order valence-electron chi connectivity index (χ4n) is 1.68. The number of hydrogen-bond donors (Lipinski definition) is 0. The Balaban J connectivity index is 1.98. The van der Waals surface area contributed by atoms with Crippen molar-refractivity contribution < 1.29 is 18.3 Å². The summed E-state index contributed by atoms with van der Waals surface area (Å²) in [6.07, 6.45) is 1.29. The van der Waals surface area contributed by atoms with Crippen molar-refractivity contribution in [3.63, 3.8) is 0 Å². The van der Waals surface area contributed by atoms with E-state index in [0.29, 0.717) is 12.4 Å². The third-order valence-electron chi connectivity index (χ3n) is 2.69. The lowest BCUT2D eigenvalue weighted by atomic mass is 10.2. The molecule has 106 valence electrons. The van der Waals surface area contributed by atoms with Crippen LogP contribution in [0.2, 0.25) is 0 Å². The Bertz CT molecular complexity index is 529. The van der Waals surface area contributed by atoms with Crippen LogP contribution in [0.15, 0.2) is 48.7 Å².